The van der Waals surface area contributed by atoms with Gasteiger partial charge in [-0.25, -0.2) is 0 Å². The lowest BCUT2D eigenvalue weighted by Gasteiger charge is -2.38. The van der Waals surface area contributed by atoms with Gasteiger partial charge in [-0.15, -0.1) is 0 Å². The summed E-state index contributed by atoms with van der Waals surface area (Å²) in [6, 6.07) is 5.45. The van der Waals surface area contributed by atoms with Gasteiger partial charge in [-0.2, -0.15) is 0 Å². The van der Waals surface area contributed by atoms with Crippen LogP contribution < -0.4 is 10.6 Å². The Morgan fingerprint density at radius 3 is 2.95 bits per heavy atom. The predicted octanol–water partition coefficient (Wildman–Crippen LogP) is 1.56. The Labute approximate surface area is 123 Å². The zero-order chi connectivity index (χ0) is 14.0. The molecule has 2 unspecified atom stereocenters. The minimum atomic E-state index is -0.207. The van der Waals surface area contributed by atoms with Crippen molar-refractivity contribution in [2.45, 2.75) is 19.1 Å². The molecule has 1 saturated heterocycles. The van der Waals surface area contributed by atoms with Crippen molar-refractivity contribution in [2.75, 3.05) is 24.6 Å². The maximum Gasteiger partial charge on any atom is 0.106 e. The van der Waals surface area contributed by atoms with E-state index in [4.69, 9.17) is 34.3 Å². The molecular formula is C13H17ClN2O2S. The van der Waals surface area contributed by atoms with E-state index in [0.717, 1.165) is 11.3 Å². The highest BCUT2D eigenvalue weighted by molar-refractivity contribution is 7.80. The number of aliphatic hydroxyl groups excluding tert-OH is 1. The molecule has 2 rings (SSSR count). The average molecular weight is 301 g/mol. The molecule has 1 aromatic rings. The molecule has 0 aliphatic carbocycles. The fourth-order valence-corrected chi connectivity index (χ4v) is 2.66. The fourth-order valence-electron chi connectivity index (χ4n) is 2.32. The Morgan fingerprint density at radius 1 is 1.58 bits per heavy atom. The van der Waals surface area contributed by atoms with Crippen LogP contribution in [0.4, 0.5) is 5.69 Å². The number of halogens is 1. The summed E-state index contributed by atoms with van der Waals surface area (Å²) in [6.45, 7) is 3.27. The van der Waals surface area contributed by atoms with Crippen LogP contribution in [0.5, 0.6) is 0 Å². The van der Waals surface area contributed by atoms with Gasteiger partial charge in [0.25, 0.3) is 0 Å². The molecule has 2 atom stereocenters. The first kappa shape index (κ1) is 14.5. The summed E-state index contributed by atoms with van der Waals surface area (Å²) >= 11 is 11.1. The third kappa shape index (κ3) is 3.36. The number of rotatable bonds is 3. The molecule has 104 valence electrons. The van der Waals surface area contributed by atoms with Gasteiger partial charge < -0.3 is 20.5 Å². The summed E-state index contributed by atoms with van der Waals surface area (Å²) in [5.41, 5.74) is 7.45. The third-order valence-electron chi connectivity index (χ3n) is 3.10. The van der Waals surface area contributed by atoms with Crippen LogP contribution in [0.2, 0.25) is 5.02 Å². The SMILES string of the molecule is CC1CN(c2cc(Cl)ccc2C(N)=S)CC(CO)O1. The molecule has 0 saturated carbocycles. The highest BCUT2D eigenvalue weighted by atomic mass is 35.5. The van der Waals surface area contributed by atoms with Crippen molar-refractivity contribution in [1.29, 1.82) is 0 Å². The minimum absolute atomic E-state index is 0.0101. The molecule has 1 aliphatic heterocycles. The van der Waals surface area contributed by atoms with Crippen LogP contribution in [0, 0.1) is 0 Å². The Balaban J connectivity index is 2.34. The zero-order valence-corrected chi connectivity index (χ0v) is 12.2. The minimum Gasteiger partial charge on any atom is -0.394 e. The number of anilines is 1. The van der Waals surface area contributed by atoms with E-state index in [9.17, 15) is 5.11 Å². The summed E-state index contributed by atoms with van der Waals surface area (Å²) in [7, 11) is 0. The van der Waals surface area contributed by atoms with Gasteiger partial charge in [0.05, 0.1) is 18.8 Å². The van der Waals surface area contributed by atoms with Gasteiger partial charge in [-0.3, -0.25) is 0 Å². The highest BCUT2D eigenvalue weighted by Crippen LogP contribution is 2.27. The van der Waals surface area contributed by atoms with Crippen molar-refractivity contribution in [3.8, 4) is 0 Å². The second kappa shape index (κ2) is 6.05. The Kier molecular flexibility index (Phi) is 4.62. The molecule has 1 aromatic carbocycles. The summed E-state index contributed by atoms with van der Waals surface area (Å²) in [6.07, 6.45) is -0.175. The van der Waals surface area contributed by atoms with E-state index in [0.29, 0.717) is 23.1 Å². The van der Waals surface area contributed by atoms with Gasteiger partial charge in [0.15, 0.2) is 0 Å². The number of thiocarbonyl (C=S) groups is 1. The van der Waals surface area contributed by atoms with Crippen molar-refractivity contribution in [3.63, 3.8) is 0 Å². The van der Waals surface area contributed by atoms with Gasteiger partial charge in [-0.05, 0) is 25.1 Å². The standard InChI is InChI=1S/C13H17ClN2O2S/c1-8-5-16(6-10(7-17)18-8)12-4-9(14)2-3-11(12)13(15)19/h2-4,8,10,17H,5-7H2,1H3,(H2,15,19). The first-order chi connectivity index (χ1) is 9.01. The number of morpholine rings is 1. The number of nitrogens with zero attached hydrogens (tertiary/aromatic N) is 1. The maximum atomic E-state index is 9.28. The van der Waals surface area contributed by atoms with Crippen LogP contribution in [0.15, 0.2) is 18.2 Å². The molecule has 1 aliphatic rings. The smallest absolute Gasteiger partial charge is 0.106 e. The zero-order valence-electron chi connectivity index (χ0n) is 10.7. The van der Waals surface area contributed by atoms with Crippen LogP contribution >= 0.6 is 23.8 Å². The molecule has 0 spiro atoms. The monoisotopic (exact) mass is 300 g/mol. The summed E-state index contributed by atoms with van der Waals surface area (Å²) in [4.78, 5) is 2.45. The molecular weight excluding hydrogens is 284 g/mol. The molecule has 6 heteroatoms. The number of nitrogens with two attached hydrogens (primary N) is 1. The van der Waals surface area contributed by atoms with E-state index >= 15 is 0 Å². The average Bonchev–Trinajstić information content (AvgIpc) is 2.37. The normalized spacial score (nSPS) is 23.4. The van der Waals surface area contributed by atoms with Crippen LogP contribution in [0.25, 0.3) is 0 Å². The number of ether oxygens (including phenoxy) is 1. The third-order valence-corrected chi connectivity index (χ3v) is 3.55. The maximum absolute atomic E-state index is 9.28. The molecule has 1 fully saturated rings. The summed E-state index contributed by atoms with van der Waals surface area (Å²) < 4.78 is 5.63. The summed E-state index contributed by atoms with van der Waals surface area (Å²) in [5.74, 6) is 0. The molecule has 4 nitrogen and oxygen atoms in total. The van der Waals surface area contributed by atoms with Crippen LogP contribution in [0.3, 0.4) is 0 Å². The predicted molar refractivity (Wildman–Crippen MR) is 81.0 cm³/mol. The Morgan fingerprint density at radius 2 is 2.32 bits per heavy atom. The van der Waals surface area contributed by atoms with Crippen LogP contribution in [0.1, 0.15) is 12.5 Å². The summed E-state index contributed by atoms with van der Waals surface area (Å²) in [5, 5.41) is 9.91. The highest BCUT2D eigenvalue weighted by Gasteiger charge is 2.26. The van der Waals surface area contributed by atoms with Gasteiger partial charge >= 0.3 is 0 Å². The molecule has 19 heavy (non-hydrogen) atoms. The lowest BCUT2D eigenvalue weighted by molar-refractivity contribution is -0.0421. The quantitative estimate of drug-likeness (QED) is 0.830. The topological polar surface area (TPSA) is 58.7 Å². The van der Waals surface area contributed by atoms with E-state index in [2.05, 4.69) is 4.90 Å². The second-order valence-electron chi connectivity index (χ2n) is 4.68. The first-order valence-electron chi connectivity index (χ1n) is 6.12. The van der Waals surface area contributed by atoms with Crippen LogP contribution in [-0.4, -0.2) is 42.0 Å². The number of benzene rings is 1. The van der Waals surface area contributed by atoms with E-state index in [1.165, 1.54) is 0 Å². The van der Waals surface area contributed by atoms with E-state index in [1.54, 1.807) is 6.07 Å². The van der Waals surface area contributed by atoms with Gasteiger partial charge in [-0.1, -0.05) is 23.8 Å². The van der Waals surface area contributed by atoms with Gasteiger partial charge in [0.2, 0.25) is 0 Å². The number of hydrogen-bond acceptors (Lipinski definition) is 4. The lowest BCUT2D eigenvalue weighted by Crippen LogP contribution is -2.48. The van der Waals surface area contributed by atoms with Crippen molar-refractivity contribution >= 4 is 34.5 Å². The second-order valence-corrected chi connectivity index (χ2v) is 5.56. The lowest BCUT2D eigenvalue weighted by atomic mass is 10.1. The number of hydrogen-bond donors (Lipinski definition) is 2. The van der Waals surface area contributed by atoms with E-state index in [1.807, 2.05) is 19.1 Å². The van der Waals surface area contributed by atoms with E-state index < -0.39 is 0 Å². The molecule has 3 N–H and O–H groups in total. The van der Waals surface area contributed by atoms with Crippen LogP contribution in [-0.2, 0) is 4.74 Å². The molecule has 1 heterocycles. The van der Waals surface area contributed by atoms with Gasteiger partial charge in [0.1, 0.15) is 4.99 Å². The van der Waals surface area contributed by atoms with Gasteiger partial charge in [0, 0.05) is 29.4 Å². The Bertz CT molecular complexity index is 484. The first-order valence-corrected chi connectivity index (χ1v) is 6.90. The largest absolute Gasteiger partial charge is 0.394 e. The van der Waals surface area contributed by atoms with Crippen molar-refractivity contribution in [2.24, 2.45) is 5.73 Å². The molecule has 0 aromatic heterocycles. The fraction of sp³-hybridized carbons (Fsp3) is 0.462. The van der Waals surface area contributed by atoms with E-state index in [-0.39, 0.29) is 18.8 Å². The molecule has 0 amide bonds. The molecule has 0 radical (unpaired) electrons. The number of aliphatic hydroxyl groups is 1. The Hall–Kier alpha value is -0.880. The van der Waals surface area contributed by atoms with Crippen molar-refractivity contribution in [1.82, 2.24) is 0 Å². The van der Waals surface area contributed by atoms with Crippen molar-refractivity contribution in [3.05, 3.63) is 28.8 Å². The van der Waals surface area contributed by atoms with Crippen molar-refractivity contribution < 1.29 is 9.84 Å². The molecule has 0 bridgehead atoms.